The molecule has 9 heteroatoms. The Morgan fingerprint density at radius 3 is 2.62 bits per heavy atom. The lowest BCUT2D eigenvalue weighted by molar-refractivity contribution is -0.137. The molecule has 1 atom stereocenters. The molecule has 2 aromatic carbocycles. The second kappa shape index (κ2) is 10.0. The van der Waals surface area contributed by atoms with Gasteiger partial charge in [-0.2, -0.15) is 13.2 Å². The third-order valence-corrected chi connectivity index (χ3v) is 5.23. The molecule has 2 N–H and O–H groups in total. The first-order valence-corrected chi connectivity index (χ1v) is 10.3. The van der Waals surface area contributed by atoms with E-state index in [1.54, 1.807) is 6.07 Å². The van der Waals surface area contributed by atoms with Crippen LogP contribution in [0.25, 0.3) is 0 Å². The van der Waals surface area contributed by atoms with Crippen LogP contribution in [0.3, 0.4) is 0 Å². The molecule has 2 amide bonds. The number of hydrogen-bond donors (Lipinski definition) is 2. The van der Waals surface area contributed by atoms with E-state index in [-0.39, 0.29) is 24.4 Å². The van der Waals surface area contributed by atoms with Crippen molar-refractivity contribution in [3.63, 3.8) is 0 Å². The van der Waals surface area contributed by atoms with Gasteiger partial charge in [-0.3, -0.25) is 9.59 Å². The molecule has 0 aromatic heterocycles. The summed E-state index contributed by atoms with van der Waals surface area (Å²) in [5, 5.41) is 4.73. The van der Waals surface area contributed by atoms with E-state index in [2.05, 4.69) is 10.6 Å². The van der Waals surface area contributed by atoms with Crippen LogP contribution in [0.5, 0.6) is 5.75 Å². The smallest absolute Gasteiger partial charge is 0.418 e. The molecule has 0 aliphatic carbocycles. The Kier molecular flexibility index (Phi) is 7.40. The van der Waals surface area contributed by atoms with Crippen molar-refractivity contribution in [1.29, 1.82) is 0 Å². The Bertz CT molecular complexity index is 986. The van der Waals surface area contributed by atoms with E-state index in [9.17, 15) is 22.8 Å². The summed E-state index contributed by atoms with van der Waals surface area (Å²) in [5.41, 5.74) is 0.520. The second-order valence-electron chi connectivity index (χ2n) is 7.59. The number of carbonyl (C=O) groups excluding carboxylic acids is 2. The Morgan fingerprint density at radius 2 is 1.94 bits per heavy atom. The van der Waals surface area contributed by atoms with Gasteiger partial charge in [0.05, 0.1) is 24.3 Å². The van der Waals surface area contributed by atoms with Gasteiger partial charge in [-0.05, 0) is 62.1 Å². The minimum atomic E-state index is -4.72. The average molecular weight is 450 g/mol. The van der Waals surface area contributed by atoms with Gasteiger partial charge in [0.25, 0.3) is 5.91 Å². The number of anilines is 2. The number of rotatable bonds is 7. The van der Waals surface area contributed by atoms with Gasteiger partial charge in [-0.15, -0.1) is 0 Å². The number of benzene rings is 2. The monoisotopic (exact) mass is 450 g/mol. The molecule has 0 bridgehead atoms. The normalized spacial score (nSPS) is 16.0. The number of alkyl halides is 3. The topological polar surface area (TPSA) is 76.7 Å². The van der Waals surface area contributed by atoms with Crippen LogP contribution in [0.2, 0.25) is 0 Å². The van der Waals surface area contributed by atoms with Gasteiger partial charge in [0, 0.05) is 12.3 Å². The molecule has 6 nitrogen and oxygen atoms in total. The summed E-state index contributed by atoms with van der Waals surface area (Å²) < 4.78 is 51.5. The summed E-state index contributed by atoms with van der Waals surface area (Å²) in [4.78, 5) is 24.3. The van der Waals surface area contributed by atoms with Crippen LogP contribution < -0.4 is 15.4 Å². The van der Waals surface area contributed by atoms with Gasteiger partial charge in [-0.1, -0.05) is 12.1 Å². The zero-order valence-electron chi connectivity index (χ0n) is 17.8. The van der Waals surface area contributed by atoms with Crippen molar-refractivity contribution in [2.45, 2.75) is 45.4 Å². The molecular weight excluding hydrogens is 425 g/mol. The number of amides is 2. The predicted octanol–water partition coefficient (Wildman–Crippen LogP) is 4.85. The molecule has 32 heavy (non-hydrogen) atoms. The minimum absolute atomic E-state index is 0.0194. The first-order valence-electron chi connectivity index (χ1n) is 10.3. The Labute approximate surface area is 184 Å². The molecule has 172 valence electrons. The fourth-order valence-electron chi connectivity index (χ4n) is 3.32. The highest BCUT2D eigenvalue weighted by molar-refractivity contribution is 5.96. The summed E-state index contributed by atoms with van der Waals surface area (Å²) in [7, 11) is 0. The van der Waals surface area contributed by atoms with Gasteiger partial charge in [0.15, 0.2) is 0 Å². The van der Waals surface area contributed by atoms with Crippen molar-refractivity contribution in [3.05, 3.63) is 53.1 Å². The van der Waals surface area contributed by atoms with Crippen molar-refractivity contribution in [1.82, 2.24) is 0 Å². The molecule has 0 radical (unpaired) electrons. The molecule has 1 unspecified atom stereocenters. The number of nitrogens with one attached hydrogen (secondary N) is 2. The van der Waals surface area contributed by atoms with E-state index in [4.69, 9.17) is 9.47 Å². The summed E-state index contributed by atoms with van der Waals surface area (Å²) in [6.45, 7) is 4.29. The molecule has 1 heterocycles. The maximum atomic E-state index is 13.6. The molecular formula is C23H25F3N2O4. The van der Waals surface area contributed by atoms with Crippen molar-refractivity contribution < 1.29 is 32.2 Å². The minimum Gasteiger partial charge on any atom is -0.493 e. The van der Waals surface area contributed by atoms with Crippen LogP contribution in [0.1, 0.15) is 36.0 Å². The fraction of sp³-hybridized carbons (Fsp3) is 0.391. The second-order valence-corrected chi connectivity index (χ2v) is 7.59. The van der Waals surface area contributed by atoms with Crippen molar-refractivity contribution in [2.75, 3.05) is 23.8 Å². The maximum absolute atomic E-state index is 13.6. The molecule has 3 rings (SSSR count). The van der Waals surface area contributed by atoms with Gasteiger partial charge in [-0.25, -0.2) is 0 Å². The summed E-state index contributed by atoms with van der Waals surface area (Å²) >= 11 is 0. The molecule has 1 aliphatic heterocycles. The summed E-state index contributed by atoms with van der Waals surface area (Å²) in [6.07, 6.45) is -4.26. The predicted molar refractivity (Wildman–Crippen MR) is 114 cm³/mol. The molecule has 0 spiro atoms. The maximum Gasteiger partial charge on any atom is 0.418 e. The Balaban J connectivity index is 1.63. The lowest BCUT2D eigenvalue weighted by atomic mass is 10.1. The average Bonchev–Trinajstić information content (AvgIpc) is 3.26. The zero-order chi connectivity index (χ0) is 23.3. The third kappa shape index (κ3) is 6.00. The Morgan fingerprint density at radius 1 is 1.16 bits per heavy atom. The number of hydrogen-bond acceptors (Lipinski definition) is 4. The van der Waals surface area contributed by atoms with E-state index < -0.39 is 29.7 Å². The van der Waals surface area contributed by atoms with Crippen LogP contribution in [0, 0.1) is 13.8 Å². The van der Waals surface area contributed by atoms with Crippen molar-refractivity contribution in [2.24, 2.45) is 0 Å². The standard InChI is InChI=1S/C23H25F3N2O4/c1-14-5-3-6-19(15(14)2)32-12-10-21(29)28-18-9-8-16(13-17(18)23(24,25)26)27-22(30)20-7-4-11-31-20/h3,5-6,8-9,13,20H,4,7,10-12H2,1-2H3,(H,27,30)(H,28,29). The van der Waals surface area contributed by atoms with Gasteiger partial charge < -0.3 is 20.1 Å². The SMILES string of the molecule is Cc1cccc(OCCC(=O)Nc2ccc(NC(=O)C3CCCO3)cc2C(F)(F)F)c1C. The van der Waals surface area contributed by atoms with Crippen LogP contribution >= 0.6 is 0 Å². The molecule has 1 saturated heterocycles. The molecule has 1 fully saturated rings. The van der Waals surface area contributed by atoms with E-state index in [0.29, 0.717) is 18.8 Å². The highest BCUT2D eigenvalue weighted by Crippen LogP contribution is 2.37. The van der Waals surface area contributed by atoms with Crippen LogP contribution in [0.4, 0.5) is 24.5 Å². The van der Waals surface area contributed by atoms with Gasteiger partial charge >= 0.3 is 6.18 Å². The summed E-state index contributed by atoms with van der Waals surface area (Å²) in [5.74, 6) is -0.479. The number of halogens is 3. The third-order valence-electron chi connectivity index (χ3n) is 5.23. The van der Waals surface area contributed by atoms with Crippen LogP contribution in [-0.4, -0.2) is 31.1 Å². The van der Waals surface area contributed by atoms with Gasteiger partial charge in [0.2, 0.25) is 5.91 Å². The molecule has 0 saturated carbocycles. The zero-order valence-corrected chi connectivity index (χ0v) is 17.8. The van der Waals surface area contributed by atoms with E-state index >= 15 is 0 Å². The van der Waals surface area contributed by atoms with E-state index in [1.807, 2.05) is 26.0 Å². The quantitative estimate of drug-likeness (QED) is 0.633. The highest BCUT2D eigenvalue weighted by atomic mass is 19.4. The number of carbonyl (C=O) groups is 2. The number of ether oxygens (including phenoxy) is 2. The van der Waals surface area contributed by atoms with E-state index in [1.165, 1.54) is 6.07 Å². The van der Waals surface area contributed by atoms with Gasteiger partial charge in [0.1, 0.15) is 11.9 Å². The first-order chi connectivity index (χ1) is 15.1. The van der Waals surface area contributed by atoms with Crippen molar-refractivity contribution in [3.8, 4) is 5.75 Å². The lowest BCUT2D eigenvalue weighted by Gasteiger charge is -2.17. The number of aryl methyl sites for hydroxylation is 1. The van der Waals surface area contributed by atoms with Crippen LogP contribution in [0.15, 0.2) is 36.4 Å². The lowest BCUT2D eigenvalue weighted by Crippen LogP contribution is -2.27. The van der Waals surface area contributed by atoms with Crippen LogP contribution in [-0.2, 0) is 20.5 Å². The highest BCUT2D eigenvalue weighted by Gasteiger charge is 2.34. The first kappa shape index (κ1) is 23.6. The molecule has 1 aliphatic rings. The Hall–Kier alpha value is -3.07. The van der Waals surface area contributed by atoms with Crippen molar-refractivity contribution >= 4 is 23.2 Å². The van der Waals surface area contributed by atoms with E-state index in [0.717, 1.165) is 29.7 Å². The fourth-order valence-corrected chi connectivity index (χ4v) is 3.32. The summed E-state index contributed by atoms with van der Waals surface area (Å²) in [6, 6.07) is 8.76. The molecule has 2 aromatic rings. The largest absolute Gasteiger partial charge is 0.493 e.